The van der Waals surface area contributed by atoms with Crippen molar-refractivity contribution >= 4 is 99.7 Å². The molecule has 0 bridgehead atoms. The van der Waals surface area contributed by atoms with Crippen LogP contribution in [0.25, 0.3) is 64.4 Å². The molecule has 0 spiro atoms. The van der Waals surface area contributed by atoms with Crippen molar-refractivity contribution < 1.29 is 4.42 Å². The summed E-state index contributed by atoms with van der Waals surface area (Å²) in [4.78, 5) is 5.23. The summed E-state index contributed by atoms with van der Waals surface area (Å²) >= 11 is 1.95. The maximum atomic E-state index is 7.22. The molecule has 0 radical (unpaired) electrons. The van der Waals surface area contributed by atoms with Crippen LogP contribution in [0, 0.1) is 0 Å². The van der Waals surface area contributed by atoms with Crippen LogP contribution in [0.2, 0.25) is 0 Å². The number of rotatable bonds is 3. The summed E-state index contributed by atoms with van der Waals surface area (Å²) in [5.74, 6) is 0. The Morgan fingerprint density at radius 1 is 0.522 bits per heavy atom. The minimum atomic E-state index is -0.161. The number of hydrogen-bond acceptors (Lipinski definition) is 4. The van der Waals surface area contributed by atoms with Crippen molar-refractivity contribution in [3.63, 3.8) is 0 Å². The number of thiophene rings is 1. The van der Waals surface area contributed by atoms with Crippen LogP contribution < -0.4 is 20.6 Å². The van der Waals surface area contributed by atoms with Crippen molar-refractivity contribution in [1.29, 1.82) is 0 Å². The Bertz CT molecular complexity index is 3750. The first-order chi connectivity index (χ1) is 32.9. The molecule has 1 aliphatic carbocycles. The molecule has 0 fully saturated rings. The number of hydrogen-bond donors (Lipinski definition) is 0. The van der Waals surface area contributed by atoms with E-state index in [1.165, 1.54) is 106 Å². The lowest BCUT2D eigenvalue weighted by Crippen LogP contribution is -2.61. The van der Waals surface area contributed by atoms with Gasteiger partial charge in [0, 0.05) is 70.5 Å². The maximum absolute atomic E-state index is 7.22. The SMILES string of the molecule is CC(C)(C)c1ccc(N2c3ccc(C(C)(C)C)cc3B3c4c2cc2c(oc5ccccc52)c4-c2cc4c(cc2N3c2ccc(-c3ccccc3)cc2)sc2cc3c(cc24)C(C)(C)CCC3(C)C)cc1. The first-order valence-electron chi connectivity index (χ1n) is 25.0. The van der Waals surface area contributed by atoms with Crippen molar-refractivity contribution in [2.24, 2.45) is 0 Å². The van der Waals surface area contributed by atoms with Gasteiger partial charge < -0.3 is 14.1 Å². The van der Waals surface area contributed by atoms with Gasteiger partial charge >= 0.3 is 6.85 Å². The van der Waals surface area contributed by atoms with E-state index >= 15 is 0 Å². The largest absolute Gasteiger partial charge is 0.455 e. The molecule has 340 valence electrons. The van der Waals surface area contributed by atoms with Gasteiger partial charge in [-0.25, -0.2) is 0 Å². The quantitative estimate of drug-likeness (QED) is 0.165. The maximum Gasteiger partial charge on any atom is 0.333 e. The Hall–Kier alpha value is -6.56. The zero-order chi connectivity index (χ0) is 47.5. The van der Waals surface area contributed by atoms with Crippen LogP contribution in [0.1, 0.15) is 104 Å². The molecule has 0 N–H and O–H groups in total. The van der Waals surface area contributed by atoms with Crippen molar-refractivity contribution in [3.8, 4) is 22.3 Å². The Morgan fingerprint density at radius 2 is 1.13 bits per heavy atom. The minimum Gasteiger partial charge on any atom is -0.455 e. The summed E-state index contributed by atoms with van der Waals surface area (Å²) in [7, 11) is 0. The van der Waals surface area contributed by atoms with Gasteiger partial charge in [0.25, 0.3) is 0 Å². The van der Waals surface area contributed by atoms with Crippen LogP contribution in [-0.2, 0) is 21.7 Å². The van der Waals surface area contributed by atoms with E-state index in [0.29, 0.717) is 0 Å². The highest BCUT2D eigenvalue weighted by Gasteiger charge is 2.47. The number of para-hydroxylation sites is 1. The minimum absolute atomic E-state index is 0.0293. The molecule has 10 aromatic rings. The van der Waals surface area contributed by atoms with E-state index in [1.807, 2.05) is 11.3 Å². The van der Waals surface area contributed by atoms with Crippen molar-refractivity contribution in [3.05, 3.63) is 174 Å². The highest BCUT2D eigenvalue weighted by Crippen LogP contribution is 2.55. The number of furan rings is 1. The van der Waals surface area contributed by atoms with Crippen LogP contribution in [0.4, 0.5) is 28.4 Å². The lowest BCUT2D eigenvalue weighted by molar-refractivity contribution is 0.332. The standard InChI is InChI=1S/C64H59BN2OS/c1-61(2,3)40-22-27-42(28-23-40)66-52-29-24-41(62(4,5)6)32-51(52)65-59-54(66)35-47-44-18-14-15-19-55(44)68-60(47)58(59)48-33-45-46-34-49-50(64(9,10)31-30-63(49,7)8)36-56(46)69-57(45)37-53(48)67(65)43-25-20-39(21-26-43)38-16-12-11-13-17-38/h11-29,32-37H,30-31H2,1-10H3. The summed E-state index contributed by atoms with van der Waals surface area (Å²) in [6.07, 6.45) is 2.38. The Balaban J connectivity index is 1.17. The number of nitrogens with zero attached hydrogens (tertiary/aromatic N) is 2. The molecule has 0 amide bonds. The zero-order valence-electron chi connectivity index (χ0n) is 41.6. The molecule has 0 unspecified atom stereocenters. The van der Waals surface area contributed by atoms with E-state index in [4.69, 9.17) is 4.42 Å². The molecule has 2 aliphatic heterocycles. The predicted molar refractivity (Wildman–Crippen MR) is 298 cm³/mol. The molecule has 69 heavy (non-hydrogen) atoms. The van der Waals surface area contributed by atoms with E-state index in [2.05, 4.69) is 231 Å². The lowest BCUT2D eigenvalue weighted by atomic mass is 9.43. The fourth-order valence-corrected chi connectivity index (χ4v) is 13.3. The molecular weight excluding hydrogens is 856 g/mol. The summed E-state index contributed by atoms with van der Waals surface area (Å²) in [5.41, 5.74) is 21.0. The Labute approximate surface area is 411 Å². The zero-order valence-corrected chi connectivity index (χ0v) is 42.5. The number of anilines is 5. The summed E-state index contributed by atoms with van der Waals surface area (Å²) in [6.45, 7) is 23.5. The van der Waals surface area contributed by atoms with E-state index < -0.39 is 0 Å². The second-order valence-corrected chi connectivity index (χ2v) is 24.7. The normalized spacial score (nSPS) is 16.0. The lowest BCUT2D eigenvalue weighted by Gasteiger charge is -2.46. The van der Waals surface area contributed by atoms with Gasteiger partial charge in [0.05, 0.1) is 0 Å². The van der Waals surface area contributed by atoms with Crippen molar-refractivity contribution in [2.45, 2.75) is 104 Å². The topological polar surface area (TPSA) is 19.6 Å². The van der Waals surface area contributed by atoms with E-state index in [-0.39, 0.29) is 28.5 Å². The molecule has 3 aliphatic rings. The molecule has 0 saturated carbocycles. The van der Waals surface area contributed by atoms with Crippen LogP contribution in [0.15, 0.2) is 156 Å². The number of benzene rings is 8. The number of fused-ring (bicyclic) bond motifs is 12. The van der Waals surface area contributed by atoms with Gasteiger partial charge in [-0.3, -0.25) is 0 Å². The fourth-order valence-electron chi connectivity index (χ4n) is 12.1. The second-order valence-electron chi connectivity index (χ2n) is 23.6. The summed E-state index contributed by atoms with van der Waals surface area (Å²) in [6, 6.07) is 58.0. The first kappa shape index (κ1) is 42.5. The third-order valence-electron chi connectivity index (χ3n) is 16.2. The van der Waals surface area contributed by atoms with Crippen LogP contribution in [0.5, 0.6) is 0 Å². The molecule has 5 heteroatoms. The molecule has 13 rings (SSSR count). The average molecular weight is 915 g/mol. The molecule has 3 nitrogen and oxygen atoms in total. The van der Waals surface area contributed by atoms with Gasteiger partial charge in [0.1, 0.15) is 11.2 Å². The van der Waals surface area contributed by atoms with Crippen LogP contribution in [0.3, 0.4) is 0 Å². The van der Waals surface area contributed by atoms with Crippen LogP contribution in [-0.4, -0.2) is 6.85 Å². The van der Waals surface area contributed by atoms with E-state index in [0.717, 1.165) is 33.3 Å². The van der Waals surface area contributed by atoms with Crippen molar-refractivity contribution in [1.82, 2.24) is 0 Å². The molecular formula is C64H59BN2OS. The third-order valence-corrected chi connectivity index (χ3v) is 17.3. The van der Waals surface area contributed by atoms with Gasteiger partial charge in [-0.2, -0.15) is 0 Å². The van der Waals surface area contributed by atoms with Gasteiger partial charge in [-0.15, -0.1) is 11.3 Å². The molecule has 8 aromatic carbocycles. The first-order valence-corrected chi connectivity index (χ1v) is 25.8. The second kappa shape index (κ2) is 14.5. The van der Waals surface area contributed by atoms with E-state index in [1.54, 1.807) is 0 Å². The van der Waals surface area contributed by atoms with Crippen LogP contribution >= 0.6 is 11.3 Å². The molecule has 2 aromatic heterocycles. The average Bonchev–Trinajstić information content (AvgIpc) is 3.89. The monoisotopic (exact) mass is 914 g/mol. The summed E-state index contributed by atoms with van der Waals surface area (Å²) < 4.78 is 9.89. The van der Waals surface area contributed by atoms with Gasteiger partial charge in [0.2, 0.25) is 0 Å². The third kappa shape index (κ3) is 6.38. The van der Waals surface area contributed by atoms with Crippen molar-refractivity contribution in [2.75, 3.05) is 9.71 Å². The smallest absolute Gasteiger partial charge is 0.333 e. The highest BCUT2D eigenvalue weighted by atomic mass is 32.1. The fraction of sp³-hybridized carbons (Fsp3) is 0.250. The summed E-state index contributed by atoms with van der Waals surface area (Å²) in [5, 5.41) is 4.95. The molecule has 0 atom stereocenters. The Morgan fingerprint density at radius 3 is 1.84 bits per heavy atom. The van der Waals surface area contributed by atoms with E-state index in [9.17, 15) is 0 Å². The van der Waals surface area contributed by atoms with Gasteiger partial charge in [-0.05, 0) is 146 Å². The molecule has 0 saturated heterocycles. The highest BCUT2D eigenvalue weighted by molar-refractivity contribution is 7.26. The van der Waals surface area contributed by atoms with Gasteiger partial charge in [0.15, 0.2) is 0 Å². The molecule has 4 heterocycles. The predicted octanol–water partition coefficient (Wildman–Crippen LogP) is 17.3. The van der Waals surface area contributed by atoms with Gasteiger partial charge in [-0.1, -0.05) is 154 Å². The Kier molecular flexibility index (Phi) is 8.94.